The molecule has 6 rings (SSSR count). The molecule has 3 fully saturated rings. The first-order valence-electron chi connectivity index (χ1n) is 22.3. The molecule has 61 heavy (non-hydrogen) atoms. The minimum absolute atomic E-state index is 0. The monoisotopic (exact) mass is 870 g/mol. The van der Waals surface area contributed by atoms with Crippen molar-refractivity contribution in [2.24, 2.45) is 0 Å². The maximum atomic E-state index is 11.1. The van der Waals surface area contributed by atoms with Crippen LogP contribution in [0.2, 0.25) is 0 Å². The number of rotatable bonds is 14. The van der Waals surface area contributed by atoms with Gasteiger partial charge in [0.15, 0.2) is 0 Å². The number of phenols is 1. The summed E-state index contributed by atoms with van der Waals surface area (Å²) in [5, 5.41) is 42.6. The number of aromatic hydroxyl groups is 1. The van der Waals surface area contributed by atoms with E-state index in [1.165, 1.54) is 30.4 Å². The van der Waals surface area contributed by atoms with Crippen LogP contribution in [-0.2, 0) is 0 Å². The summed E-state index contributed by atoms with van der Waals surface area (Å²) in [7, 11) is 15.7. The third kappa shape index (κ3) is 16.3. The molecule has 0 aliphatic heterocycles. The first-order chi connectivity index (χ1) is 28.1. The molecule has 3 aliphatic carbocycles. The normalized spacial score (nSPS) is 19.4. The lowest BCUT2D eigenvalue weighted by Crippen LogP contribution is -2.42. The lowest BCUT2D eigenvalue weighted by Gasteiger charge is -2.40. The predicted molar refractivity (Wildman–Crippen MR) is 256 cm³/mol. The van der Waals surface area contributed by atoms with E-state index in [1.807, 2.05) is 50.5 Å². The molecule has 10 heteroatoms. The van der Waals surface area contributed by atoms with Crippen LogP contribution in [0.5, 0.6) is 17.2 Å². The van der Waals surface area contributed by atoms with Crippen LogP contribution in [0.15, 0.2) is 72.8 Å². The van der Waals surface area contributed by atoms with E-state index in [0.29, 0.717) is 0 Å². The number of likely N-dealkylation sites (N-methyl/N-ethyl adjacent to an activating group) is 3. The molecule has 3 aliphatic rings. The van der Waals surface area contributed by atoms with Crippen LogP contribution in [0, 0.1) is 0 Å². The summed E-state index contributed by atoms with van der Waals surface area (Å²) in [4.78, 5) is 6.47. The van der Waals surface area contributed by atoms with E-state index < -0.39 is 16.8 Å². The zero-order chi connectivity index (χ0) is 43.1. The lowest BCUT2D eigenvalue weighted by molar-refractivity contribution is -0.0280. The Kier molecular flexibility index (Phi) is 23.1. The molecule has 3 aromatic rings. The fraction of sp³-hybridized carbons (Fsp3) is 0.647. The maximum Gasteiger partial charge on any atom is 0.118 e. The van der Waals surface area contributed by atoms with Crippen molar-refractivity contribution >= 4 is 12.4 Å². The summed E-state index contributed by atoms with van der Waals surface area (Å²) in [5.41, 5.74) is 1.83. The molecule has 3 atom stereocenters. The van der Waals surface area contributed by atoms with Crippen LogP contribution in [-0.4, -0.2) is 128 Å². The fourth-order valence-corrected chi connectivity index (χ4v) is 9.77. The molecule has 0 bridgehead atoms. The highest BCUT2D eigenvalue weighted by atomic mass is 35.5. The third-order valence-corrected chi connectivity index (χ3v) is 13.1. The molecule has 9 nitrogen and oxygen atoms in total. The van der Waals surface area contributed by atoms with Crippen molar-refractivity contribution in [1.29, 1.82) is 0 Å². The Bertz CT molecular complexity index is 1520. The molecule has 4 N–H and O–H groups in total. The number of methoxy groups -OCH3 is 2. The first kappa shape index (κ1) is 54.2. The molecular weight excluding hydrogens is 786 g/mol. The molecule has 0 radical (unpaired) electrons. The third-order valence-electron chi connectivity index (χ3n) is 13.1. The van der Waals surface area contributed by atoms with Crippen LogP contribution in [0.3, 0.4) is 0 Å². The molecule has 0 aromatic heterocycles. The Hall–Kier alpha value is -2.89. The van der Waals surface area contributed by atoms with E-state index in [4.69, 9.17) is 9.47 Å². The Morgan fingerprint density at radius 2 is 0.672 bits per heavy atom. The van der Waals surface area contributed by atoms with Crippen LogP contribution in [0.25, 0.3) is 0 Å². The summed E-state index contributed by atoms with van der Waals surface area (Å²) >= 11 is 0. The molecule has 3 aromatic carbocycles. The highest BCUT2D eigenvalue weighted by molar-refractivity contribution is 5.85. The van der Waals surface area contributed by atoms with Gasteiger partial charge < -0.3 is 44.6 Å². The van der Waals surface area contributed by atoms with Gasteiger partial charge in [0.25, 0.3) is 0 Å². The average molecular weight is 871 g/mol. The minimum Gasteiger partial charge on any atom is -0.508 e. The van der Waals surface area contributed by atoms with Gasteiger partial charge in [-0.25, -0.2) is 0 Å². The van der Waals surface area contributed by atoms with Gasteiger partial charge in [0.1, 0.15) is 17.2 Å². The number of hydrogen-bond donors (Lipinski definition) is 4. The molecule has 3 saturated carbocycles. The zero-order valence-electron chi connectivity index (χ0n) is 38.2. The van der Waals surface area contributed by atoms with Crippen molar-refractivity contribution in [2.45, 2.75) is 138 Å². The molecule has 0 spiro atoms. The topological polar surface area (TPSA) is 109 Å². The number of nitrogens with zero attached hydrogens (tertiary/aromatic N) is 3. The number of halogens is 1. The molecular formula is C51H84ClN3O6. The Morgan fingerprint density at radius 1 is 0.443 bits per heavy atom. The summed E-state index contributed by atoms with van der Waals surface area (Å²) in [6.45, 7) is 2.59. The molecule has 1 unspecified atom stereocenters. The Balaban J connectivity index is 0.000000310. The molecule has 0 saturated heterocycles. The SMILES string of the molecule is C.CN(C)C[C@@H](c1ccc(O)cc1)C1(O)CCCCC1.COc1ccc(C(CN(C)C)C2(O)CCCCC2)cc1.COc1ccc([C@H](CN(C)C)C2(O)CCCCC2)cc1.Cl. The quantitative estimate of drug-likeness (QED) is 0.126. The van der Waals surface area contributed by atoms with Crippen molar-refractivity contribution in [3.05, 3.63) is 89.5 Å². The van der Waals surface area contributed by atoms with Crippen molar-refractivity contribution in [3.8, 4) is 17.2 Å². The van der Waals surface area contributed by atoms with Gasteiger partial charge in [0, 0.05) is 37.4 Å². The molecule has 0 amide bonds. The number of hydrogen-bond acceptors (Lipinski definition) is 9. The largest absolute Gasteiger partial charge is 0.508 e. The van der Waals surface area contributed by atoms with E-state index in [-0.39, 0.29) is 43.3 Å². The second-order valence-electron chi connectivity index (χ2n) is 18.6. The van der Waals surface area contributed by atoms with E-state index in [0.717, 1.165) is 114 Å². The summed E-state index contributed by atoms with van der Waals surface area (Å²) in [5.74, 6) is 2.47. The second-order valence-corrected chi connectivity index (χ2v) is 18.6. The van der Waals surface area contributed by atoms with Gasteiger partial charge in [-0.2, -0.15) is 0 Å². The van der Waals surface area contributed by atoms with Gasteiger partial charge in [-0.3, -0.25) is 0 Å². The summed E-state index contributed by atoms with van der Waals surface area (Å²) in [6, 6.07) is 23.7. The van der Waals surface area contributed by atoms with E-state index in [9.17, 15) is 20.4 Å². The van der Waals surface area contributed by atoms with Crippen molar-refractivity contribution in [1.82, 2.24) is 14.7 Å². The van der Waals surface area contributed by atoms with Crippen molar-refractivity contribution in [2.75, 3.05) is 76.1 Å². The number of benzene rings is 3. The summed E-state index contributed by atoms with van der Waals surface area (Å²) in [6.07, 6.45) is 15.9. The maximum absolute atomic E-state index is 11.1. The van der Waals surface area contributed by atoms with Gasteiger partial charge >= 0.3 is 0 Å². The standard InChI is InChI=1S/2C17H27NO2.C16H25NO2.CH4.ClH/c2*1-18(2)13-16(17(19)11-5-4-6-12-17)14-7-9-15(20-3)10-8-14;1-17(2)12-15(13-6-8-14(18)9-7-13)16(19)10-4-3-5-11-16;;/h2*7-10,16,19H,4-6,11-13H2,1-3H3;6-9,15,18-19H,3-5,10-12H2,1-2H3;1H4;1H/t16-;;15-;;/m0.0../s1. The van der Waals surface area contributed by atoms with Crippen molar-refractivity contribution < 1.29 is 29.9 Å². The molecule has 346 valence electrons. The smallest absolute Gasteiger partial charge is 0.118 e. The Morgan fingerprint density at radius 3 is 0.885 bits per heavy atom. The van der Waals surface area contributed by atoms with Crippen LogP contribution < -0.4 is 9.47 Å². The highest BCUT2D eigenvalue weighted by Gasteiger charge is 2.41. The van der Waals surface area contributed by atoms with Gasteiger partial charge in [-0.15, -0.1) is 12.4 Å². The van der Waals surface area contributed by atoms with E-state index in [2.05, 4.69) is 67.2 Å². The number of aliphatic hydroxyl groups is 3. The fourth-order valence-electron chi connectivity index (χ4n) is 9.77. The molecule has 0 heterocycles. The lowest BCUT2D eigenvalue weighted by atomic mass is 9.72. The van der Waals surface area contributed by atoms with Gasteiger partial charge in [-0.1, -0.05) is 102 Å². The van der Waals surface area contributed by atoms with Gasteiger partial charge in [-0.05, 0) is 134 Å². The first-order valence-corrected chi connectivity index (χ1v) is 22.3. The minimum atomic E-state index is -0.598. The zero-order valence-corrected chi connectivity index (χ0v) is 39.1. The van der Waals surface area contributed by atoms with Crippen LogP contribution in [0.4, 0.5) is 0 Å². The van der Waals surface area contributed by atoms with Crippen LogP contribution in [0.1, 0.15) is 138 Å². The van der Waals surface area contributed by atoms with Crippen LogP contribution >= 0.6 is 12.4 Å². The van der Waals surface area contributed by atoms with Crippen molar-refractivity contribution in [3.63, 3.8) is 0 Å². The van der Waals surface area contributed by atoms with E-state index >= 15 is 0 Å². The second kappa shape index (κ2) is 26.0. The van der Waals surface area contributed by atoms with E-state index in [1.54, 1.807) is 26.4 Å². The van der Waals surface area contributed by atoms with Gasteiger partial charge in [0.2, 0.25) is 0 Å². The predicted octanol–water partition coefficient (Wildman–Crippen LogP) is 9.86. The summed E-state index contributed by atoms with van der Waals surface area (Å²) < 4.78 is 10.5. The number of ether oxygens (including phenoxy) is 2. The average Bonchev–Trinajstić information content (AvgIpc) is 3.22. The Labute approximate surface area is 376 Å². The van der Waals surface area contributed by atoms with Gasteiger partial charge in [0.05, 0.1) is 31.0 Å². The highest BCUT2D eigenvalue weighted by Crippen LogP contribution is 2.43. The number of phenolic OH excluding ortho intramolecular Hbond substituents is 1.